The summed E-state index contributed by atoms with van der Waals surface area (Å²) in [7, 11) is 0. The molecule has 0 spiro atoms. The molecule has 2 aromatic carbocycles. The molecule has 0 aromatic heterocycles. The number of carbonyl (C=O) groups is 4. The minimum absolute atomic E-state index is 0.0534. The molecule has 2 heterocycles. The molecule has 1 atom stereocenters. The zero-order valence-electron chi connectivity index (χ0n) is 20.6. The van der Waals surface area contributed by atoms with Crippen LogP contribution in [-0.4, -0.2) is 54.0 Å². The average molecular weight is 489 g/mol. The summed E-state index contributed by atoms with van der Waals surface area (Å²) in [6.07, 6.45) is 3.08. The quantitative estimate of drug-likeness (QED) is 0.582. The lowest BCUT2D eigenvalue weighted by Gasteiger charge is -2.29. The van der Waals surface area contributed by atoms with Crippen LogP contribution in [0.4, 0.5) is 11.4 Å². The largest absolute Gasteiger partial charge is 0.376 e. The lowest BCUT2D eigenvalue weighted by molar-refractivity contribution is -0.133. The van der Waals surface area contributed by atoms with Gasteiger partial charge in [0.2, 0.25) is 5.91 Å². The van der Waals surface area contributed by atoms with Crippen molar-refractivity contribution in [2.45, 2.75) is 58.2 Å². The Morgan fingerprint density at radius 3 is 2.64 bits per heavy atom. The fraction of sp³-hybridized carbons (Fsp3) is 0.429. The van der Waals surface area contributed by atoms with Gasteiger partial charge in [-0.1, -0.05) is 18.2 Å². The summed E-state index contributed by atoms with van der Waals surface area (Å²) in [5.41, 5.74) is 5.72. The van der Waals surface area contributed by atoms with E-state index < -0.39 is 6.04 Å². The molecule has 0 radical (unpaired) electrons. The summed E-state index contributed by atoms with van der Waals surface area (Å²) in [6.45, 7) is 5.14. The molecule has 5 rings (SSSR count). The third-order valence-corrected chi connectivity index (χ3v) is 7.42. The van der Waals surface area contributed by atoms with E-state index in [1.54, 1.807) is 11.0 Å². The number of hydrogen-bond acceptors (Lipinski definition) is 6. The Labute approximate surface area is 211 Å². The number of benzene rings is 2. The van der Waals surface area contributed by atoms with Gasteiger partial charge in [0.05, 0.1) is 19.0 Å². The van der Waals surface area contributed by atoms with E-state index in [2.05, 4.69) is 34.6 Å². The number of nitrogens with zero attached hydrogens (tertiary/aromatic N) is 2. The predicted molar refractivity (Wildman–Crippen MR) is 137 cm³/mol. The summed E-state index contributed by atoms with van der Waals surface area (Å²) < 4.78 is 0. The average Bonchev–Trinajstić information content (AvgIpc) is 3.51. The van der Waals surface area contributed by atoms with Gasteiger partial charge in [0, 0.05) is 49.5 Å². The van der Waals surface area contributed by atoms with Crippen molar-refractivity contribution in [1.82, 2.24) is 10.2 Å². The van der Waals surface area contributed by atoms with Gasteiger partial charge < -0.3 is 20.4 Å². The second-order valence-corrected chi connectivity index (χ2v) is 9.99. The van der Waals surface area contributed by atoms with Gasteiger partial charge in [0.15, 0.2) is 5.78 Å². The Kier molecular flexibility index (Phi) is 6.76. The molecule has 2 aromatic rings. The van der Waals surface area contributed by atoms with Crippen molar-refractivity contribution >= 4 is 34.8 Å². The highest BCUT2D eigenvalue weighted by Gasteiger charge is 2.38. The van der Waals surface area contributed by atoms with Gasteiger partial charge in [0.25, 0.3) is 5.91 Å². The smallest absolute Gasteiger partial charge is 0.255 e. The number of ketones is 2. The zero-order chi connectivity index (χ0) is 25.2. The van der Waals surface area contributed by atoms with Crippen LogP contribution in [0, 0.1) is 6.92 Å². The van der Waals surface area contributed by atoms with Gasteiger partial charge >= 0.3 is 0 Å². The third kappa shape index (κ3) is 4.98. The van der Waals surface area contributed by atoms with Crippen LogP contribution in [0.15, 0.2) is 36.4 Å². The fourth-order valence-corrected chi connectivity index (χ4v) is 5.41. The molecule has 8 nitrogen and oxygen atoms in total. The number of Topliss-reactive ketones (excluding diaryl/α,β-unsaturated/α-hetero) is 2. The first-order valence-electron chi connectivity index (χ1n) is 12.7. The number of aryl methyl sites for hydroxylation is 1. The van der Waals surface area contributed by atoms with Crippen molar-refractivity contribution in [1.29, 1.82) is 0 Å². The Morgan fingerprint density at radius 1 is 1.06 bits per heavy atom. The lowest BCUT2D eigenvalue weighted by atomic mass is 9.92. The standard InChI is InChI=1S/C28H32N4O4/c1-18-4-6-21(13-25(18)31-10-2-3-11-31)29-16-27(35)30-15-19-5-8-23-20(12-19)17-32(28(23)36)24-9-7-22(33)14-26(24)34/h4-6,8,12-13,24,29H,2-3,7,9-11,14-17H2,1H3,(H,30,35). The molecule has 2 amide bonds. The molecule has 1 saturated carbocycles. The van der Waals surface area contributed by atoms with Crippen LogP contribution in [0.5, 0.6) is 0 Å². The van der Waals surface area contributed by atoms with Crippen LogP contribution >= 0.6 is 0 Å². The summed E-state index contributed by atoms with van der Waals surface area (Å²) in [6, 6.07) is 11.2. The van der Waals surface area contributed by atoms with Crippen LogP contribution in [0.25, 0.3) is 0 Å². The fourth-order valence-electron chi connectivity index (χ4n) is 5.41. The van der Waals surface area contributed by atoms with Crippen molar-refractivity contribution in [3.63, 3.8) is 0 Å². The van der Waals surface area contributed by atoms with E-state index >= 15 is 0 Å². The number of rotatable bonds is 7. The van der Waals surface area contributed by atoms with Crippen LogP contribution < -0.4 is 15.5 Å². The molecule has 36 heavy (non-hydrogen) atoms. The van der Waals surface area contributed by atoms with E-state index in [1.807, 2.05) is 18.2 Å². The van der Waals surface area contributed by atoms with Crippen molar-refractivity contribution < 1.29 is 19.2 Å². The van der Waals surface area contributed by atoms with Crippen molar-refractivity contribution in [3.05, 3.63) is 58.7 Å². The topological polar surface area (TPSA) is 98.8 Å². The molecule has 2 aliphatic heterocycles. The van der Waals surface area contributed by atoms with Gasteiger partial charge in [-0.25, -0.2) is 0 Å². The van der Waals surface area contributed by atoms with Gasteiger partial charge in [-0.2, -0.15) is 0 Å². The molecular formula is C28H32N4O4. The third-order valence-electron chi connectivity index (χ3n) is 7.42. The Bertz CT molecular complexity index is 1220. The van der Waals surface area contributed by atoms with Crippen molar-refractivity contribution in [3.8, 4) is 0 Å². The Hall–Kier alpha value is -3.68. The first-order valence-corrected chi connectivity index (χ1v) is 12.7. The van der Waals surface area contributed by atoms with Crippen molar-refractivity contribution in [2.75, 3.05) is 29.9 Å². The molecule has 3 aliphatic rings. The number of anilines is 2. The maximum atomic E-state index is 12.9. The van der Waals surface area contributed by atoms with Gasteiger partial charge in [-0.3, -0.25) is 19.2 Å². The molecule has 8 heteroatoms. The van der Waals surface area contributed by atoms with Crippen LogP contribution in [0.1, 0.15) is 59.2 Å². The van der Waals surface area contributed by atoms with Crippen LogP contribution in [0.3, 0.4) is 0 Å². The normalized spacial score (nSPS) is 19.6. The first kappa shape index (κ1) is 24.0. The molecule has 2 fully saturated rings. The summed E-state index contributed by atoms with van der Waals surface area (Å²) in [5, 5.41) is 6.16. The maximum absolute atomic E-state index is 12.9. The highest BCUT2D eigenvalue weighted by molar-refractivity contribution is 6.07. The number of carbonyl (C=O) groups excluding carboxylic acids is 4. The van der Waals surface area contributed by atoms with E-state index in [1.165, 1.54) is 24.1 Å². The molecule has 1 aliphatic carbocycles. The molecule has 188 valence electrons. The predicted octanol–water partition coefficient (Wildman–Crippen LogP) is 2.97. The van der Waals surface area contributed by atoms with Crippen molar-refractivity contribution in [2.24, 2.45) is 0 Å². The van der Waals surface area contributed by atoms with E-state index in [9.17, 15) is 19.2 Å². The van der Waals surface area contributed by atoms with Crippen LogP contribution in [0.2, 0.25) is 0 Å². The minimum atomic E-state index is -0.524. The number of amides is 2. The molecular weight excluding hydrogens is 456 g/mol. The van der Waals surface area contributed by atoms with E-state index in [4.69, 9.17) is 0 Å². The van der Waals surface area contributed by atoms with Crippen LogP contribution in [-0.2, 0) is 27.5 Å². The van der Waals surface area contributed by atoms with E-state index in [0.717, 1.165) is 29.9 Å². The summed E-state index contributed by atoms with van der Waals surface area (Å²) >= 11 is 0. The second kappa shape index (κ2) is 10.1. The number of hydrogen-bond donors (Lipinski definition) is 2. The molecule has 2 N–H and O–H groups in total. The number of nitrogens with one attached hydrogen (secondary N) is 2. The second-order valence-electron chi connectivity index (χ2n) is 9.99. The minimum Gasteiger partial charge on any atom is -0.376 e. The molecule has 1 unspecified atom stereocenters. The van der Waals surface area contributed by atoms with Gasteiger partial charge in [0.1, 0.15) is 5.78 Å². The van der Waals surface area contributed by atoms with E-state index in [-0.39, 0.29) is 36.3 Å². The van der Waals surface area contributed by atoms with E-state index in [0.29, 0.717) is 31.5 Å². The highest BCUT2D eigenvalue weighted by Crippen LogP contribution is 2.30. The zero-order valence-corrected chi connectivity index (χ0v) is 20.6. The number of fused-ring (bicyclic) bond motifs is 1. The Morgan fingerprint density at radius 2 is 1.86 bits per heavy atom. The van der Waals surface area contributed by atoms with Gasteiger partial charge in [-0.05, 0) is 61.1 Å². The molecule has 1 saturated heterocycles. The monoisotopic (exact) mass is 488 g/mol. The lowest BCUT2D eigenvalue weighted by Crippen LogP contribution is -2.44. The first-order chi connectivity index (χ1) is 17.4. The highest BCUT2D eigenvalue weighted by atomic mass is 16.2. The van der Waals surface area contributed by atoms with Gasteiger partial charge in [-0.15, -0.1) is 0 Å². The summed E-state index contributed by atoms with van der Waals surface area (Å²) in [4.78, 5) is 53.2. The Balaban J connectivity index is 1.15. The SMILES string of the molecule is Cc1ccc(NCC(=O)NCc2ccc3c(c2)CN(C2CCC(=O)CC2=O)C3=O)cc1N1CCCC1. The summed E-state index contributed by atoms with van der Waals surface area (Å²) in [5.74, 6) is -0.506. The molecule has 0 bridgehead atoms. The maximum Gasteiger partial charge on any atom is 0.255 e.